The number of aromatic nitrogens is 2. The fourth-order valence-electron chi connectivity index (χ4n) is 4.61. The highest BCUT2D eigenvalue weighted by Gasteiger charge is 2.35. The van der Waals surface area contributed by atoms with Crippen LogP contribution in [0.15, 0.2) is 77.6 Å². The molecule has 1 atom stereocenters. The molecule has 1 aliphatic rings. The van der Waals surface area contributed by atoms with Crippen molar-refractivity contribution in [3.8, 4) is 23.0 Å². The van der Waals surface area contributed by atoms with Gasteiger partial charge in [0.1, 0.15) is 11.5 Å². The molecule has 0 spiro atoms. The van der Waals surface area contributed by atoms with Gasteiger partial charge >= 0.3 is 0 Å². The number of carbonyl (C=O) groups excluding carboxylic acids is 1. The number of hydrogen-bond acceptors (Lipinski definition) is 4. The summed E-state index contributed by atoms with van der Waals surface area (Å²) < 4.78 is 10.0. The van der Waals surface area contributed by atoms with E-state index >= 15 is 0 Å². The first-order chi connectivity index (χ1) is 16.3. The van der Waals surface area contributed by atoms with Crippen LogP contribution in [-0.2, 0) is 4.79 Å². The monoisotopic (exact) mass is 468 g/mol. The first kappa shape index (κ1) is 22.0. The molecule has 0 saturated carbocycles. The maximum atomic E-state index is 14.1. The van der Waals surface area contributed by atoms with E-state index < -0.39 is 5.92 Å². The Bertz CT molecular complexity index is 1560. The Balaban J connectivity index is 1.93. The summed E-state index contributed by atoms with van der Waals surface area (Å²) in [4.78, 5) is 26.4. The molecule has 3 aromatic carbocycles. The third-order valence-corrected chi connectivity index (χ3v) is 6.48. The molecule has 0 aliphatic carbocycles. The van der Waals surface area contributed by atoms with Gasteiger partial charge in [-0.3, -0.25) is 18.7 Å². The minimum absolute atomic E-state index is 0.00119. The predicted molar refractivity (Wildman–Crippen MR) is 135 cm³/mol. The first-order valence-corrected chi connectivity index (χ1v) is 11.6. The second-order valence-corrected chi connectivity index (χ2v) is 9.12. The lowest BCUT2D eigenvalue weighted by Gasteiger charge is -2.30. The summed E-state index contributed by atoms with van der Waals surface area (Å²) in [5, 5.41) is 0. The van der Waals surface area contributed by atoms with Crippen LogP contribution in [-0.4, -0.2) is 14.9 Å². The lowest BCUT2D eigenvalue weighted by molar-refractivity contribution is -0.117. The largest absolute Gasteiger partial charge is 0.440 e. The Kier molecular flexibility index (Phi) is 5.54. The predicted octanol–water partition coefficient (Wildman–Crippen LogP) is 6.19. The zero-order chi connectivity index (χ0) is 24.0. The number of rotatable bonds is 4. The molecule has 170 valence electrons. The lowest BCUT2D eigenvalue weighted by Crippen LogP contribution is -2.32. The van der Waals surface area contributed by atoms with Crippen LogP contribution in [0.5, 0.6) is 11.6 Å². The van der Waals surface area contributed by atoms with Gasteiger partial charge in [0.15, 0.2) is 4.77 Å². The Hall–Kier alpha value is -3.77. The van der Waals surface area contributed by atoms with E-state index in [0.717, 1.165) is 22.4 Å². The van der Waals surface area contributed by atoms with E-state index in [9.17, 15) is 9.59 Å². The summed E-state index contributed by atoms with van der Waals surface area (Å²) in [5.74, 6) is 0.561. The van der Waals surface area contributed by atoms with Gasteiger partial charge in [0.2, 0.25) is 5.88 Å². The van der Waals surface area contributed by atoms with Crippen LogP contribution in [0.25, 0.3) is 11.4 Å². The molecule has 0 saturated heterocycles. The number of nitrogens with zero attached hydrogens (tertiary/aromatic N) is 2. The van der Waals surface area contributed by atoms with Crippen molar-refractivity contribution < 1.29 is 9.53 Å². The van der Waals surface area contributed by atoms with Gasteiger partial charge in [-0.15, -0.1) is 0 Å². The normalized spacial score (nSPS) is 14.1. The molecule has 0 bridgehead atoms. The van der Waals surface area contributed by atoms with E-state index in [-0.39, 0.29) is 17.8 Å². The van der Waals surface area contributed by atoms with Gasteiger partial charge in [0.05, 0.1) is 16.9 Å². The lowest BCUT2D eigenvalue weighted by atomic mass is 9.86. The van der Waals surface area contributed by atoms with Gasteiger partial charge in [-0.1, -0.05) is 42.5 Å². The van der Waals surface area contributed by atoms with Gasteiger partial charge < -0.3 is 4.74 Å². The minimum Gasteiger partial charge on any atom is -0.440 e. The van der Waals surface area contributed by atoms with E-state index in [0.29, 0.717) is 27.7 Å². The van der Waals surface area contributed by atoms with Gasteiger partial charge in [-0.2, -0.15) is 0 Å². The molecule has 1 aromatic heterocycles. The van der Waals surface area contributed by atoms with E-state index in [4.69, 9.17) is 17.0 Å². The fourth-order valence-corrected chi connectivity index (χ4v) is 4.99. The van der Waals surface area contributed by atoms with Crippen molar-refractivity contribution in [2.45, 2.75) is 33.1 Å². The number of ether oxygens (including phenoxy) is 1. The maximum Gasteiger partial charge on any atom is 0.266 e. The summed E-state index contributed by atoms with van der Waals surface area (Å²) in [6.45, 7) is 5.53. The maximum absolute atomic E-state index is 14.1. The molecule has 0 N–H and O–H groups in total. The number of Topliss-reactive ketones (excluding diaryl/α,β-unsaturated/α-hetero) is 1. The van der Waals surface area contributed by atoms with Crippen molar-refractivity contribution in [3.63, 3.8) is 0 Å². The van der Waals surface area contributed by atoms with E-state index in [1.54, 1.807) is 11.5 Å². The molecule has 0 radical (unpaired) electrons. The summed E-state index contributed by atoms with van der Waals surface area (Å²) >= 11 is 5.92. The van der Waals surface area contributed by atoms with Crippen LogP contribution in [0.1, 0.15) is 41.5 Å². The highest BCUT2D eigenvalue weighted by atomic mass is 32.1. The molecule has 1 aliphatic heterocycles. The zero-order valence-corrected chi connectivity index (χ0v) is 20.1. The number of ketones is 1. The van der Waals surface area contributed by atoms with Crippen LogP contribution in [0, 0.1) is 18.6 Å². The Morgan fingerprint density at radius 3 is 2.15 bits per heavy atom. The van der Waals surface area contributed by atoms with Gasteiger partial charge in [0.25, 0.3) is 5.56 Å². The highest BCUT2D eigenvalue weighted by molar-refractivity contribution is 7.71. The van der Waals surface area contributed by atoms with Crippen molar-refractivity contribution in [1.29, 1.82) is 0 Å². The second kappa shape index (κ2) is 8.54. The van der Waals surface area contributed by atoms with Crippen molar-refractivity contribution in [1.82, 2.24) is 9.13 Å². The van der Waals surface area contributed by atoms with Crippen molar-refractivity contribution in [2.75, 3.05) is 0 Å². The van der Waals surface area contributed by atoms with E-state index in [2.05, 4.69) is 0 Å². The van der Waals surface area contributed by atoms with Gasteiger partial charge in [-0.05, 0) is 74.4 Å². The van der Waals surface area contributed by atoms with E-state index in [1.807, 2.05) is 91.2 Å². The topological polar surface area (TPSA) is 53.2 Å². The molecular formula is C28H24N2O3S. The average Bonchev–Trinajstić information content (AvgIpc) is 2.79. The Labute approximate surface area is 202 Å². The van der Waals surface area contributed by atoms with Crippen molar-refractivity contribution >= 4 is 18.0 Å². The van der Waals surface area contributed by atoms with Crippen LogP contribution in [0.3, 0.4) is 0 Å². The number of fused-ring (bicyclic) bond motifs is 2. The molecular weight excluding hydrogens is 444 g/mol. The molecule has 0 amide bonds. The number of carbonyl (C=O) groups is 1. The molecule has 1 unspecified atom stereocenters. The highest BCUT2D eigenvalue weighted by Crippen LogP contribution is 2.45. The Morgan fingerprint density at radius 1 is 0.912 bits per heavy atom. The molecule has 5 nitrogen and oxygen atoms in total. The number of benzene rings is 3. The Morgan fingerprint density at radius 2 is 1.53 bits per heavy atom. The third-order valence-electron chi connectivity index (χ3n) is 6.11. The standard InChI is InChI=1S/C28H24N2O3S/c1-17-8-6-10-20(14-17)29-26(32)25-23(16-19(3)31)22-12-4-5-13-24(22)33-27(25)30(28(29)34)21-11-7-9-18(2)15-21/h4-15,23H,16H2,1-3H3. The van der Waals surface area contributed by atoms with Crippen molar-refractivity contribution in [3.05, 3.63) is 110 Å². The summed E-state index contributed by atoms with van der Waals surface area (Å²) in [6, 6.07) is 23.1. The number of hydrogen-bond donors (Lipinski definition) is 0. The number of aryl methyl sites for hydroxylation is 2. The van der Waals surface area contributed by atoms with Crippen LogP contribution < -0.4 is 10.3 Å². The SMILES string of the molecule is CC(=O)CC1c2ccccc2Oc2c1c(=O)n(-c1cccc(C)c1)c(=S)n2-c1cccc(C)c1. The molecule has 4 aromatic rings. The molecule has 0 fully saturated rings. The van der Waals surface area contributed by atoms with E-state index in [1.165, 1.54) is 0 Å². The van der Waals surface area contributed by atoms with Crippen LogP contribution in [0.4, 0.5) is 0 Å². The first-order valence-electron chi connectivity index (χ1n) is 11.2. The number of para-hydroxylation sites is 1. The molecule has 5 rings (SSSR count). The molecule has 6 heteroatoms. The smallest absolute Gasteiger partial charge is 0.266 e. The van der Waals surface area contributed by atoms with Crippen LogP contribution in [0.2, 0.25) is 0 Å². The van der Waals surface area contributed by atoms with Gasteiger partial charge in [0, 0.05) is 17.9 Å². The summed E-state index contributed by atoms with van der Waals surface area (Å²) in [7, 11) is 0. The minimum atomic E-state index is -0.437. The van der Waals surface area contributed by atoms with Crippen molar-refractivity contribution in [2.24, 2.45) is 0 Å². The molecule has 34 heavy (non-hydrogen) atoms. The third kappa shape index (κ3) is 3.70. The zero-order valence-electron chi connectivity index (χ0n) is 19.2. The summed E-state index contributed by atoms with van der Waals surface area (Å²) in [5.41, 5.74) is 4.54. The second-order valence-electron chi connectivity index (χ2n) is 8.75. The fraction of sp³-hybridized carbons (Fsp3) is 0.179. The average molecular weight is 469 g/mol. The quantitative estimate of drug-likeness (QED) is 0.335. The van der Waals surface area contributed by atoms with Gasteiger partial charge in [-0.25, -0.2) is 0 Å². The van der Waals surface area contributed by atoms with Crippen LogP contribution >= 0.6 is 12.2 Å². The molecule has 2 heterocycles. The summed E-state index contributed by atoms with van der Waals surface area (Å²) in [6.07, 6.45) is 0.195.